The molecule has 0 radical (unpaired) electrons. The van der Waals surface area contributed by atoms with E-state index in [1.165, 1.54) is 0 Å². The monoisotopic (exact) mass is 236 g/mol. The van der Waals surface area contributed by atoms with Gasteiger partial charge in [0.05, 0.1) is 17.9 Å². The molecule has 0 spiro atoms. The molecule has 0 unspecified atom stereocenters. The van der Waals surface area contributed by atoms with E-state index in [4.69, 9.17) is 5.11 Å². The maximum Gasteiger partial charge on any atom is 0.253 e. The molecule has 0 atom stereocenters. The zero-order valence-electron chi connectivity index (χ0n) is 9.80. The van der Waals surface area contributed by atoms with Crippen molar-refractivity contribution in [2.24, 2.45) is 0 Å². The number of hydrogen-bond donors (Lipinski definition) is 3. The van der Waals surface area contributed by atoms with Crippen molar-refractivity contribution in [3.05, 3.63) is 22.5 Å². The number of H-pyrrole nitrogens is 1. The number of Topliss-reactive ketones (excluding diaryl/α,β-unsaturated/α-hetero) is 1. The molecule has 5 nitrogen and oxygen atoms in total. The molecule has 0 bridgehead atoms. The number of aryl methyl sites for hydroxylation is 1. The summed E-state index contributed by atoms with van der Waals surface area (Å²) >= 11 is 0. The molecular weight excluding hydrogens is 220 g/mol. The van der Waals surface area contributed by atoms with Gasteiger partial charge in [-0.3, -0.25) is 9.59 Å². The van der Waals surface area contributed by atoms with Crippen LogP contribution in [0.5, 0.6) is 0 Å². The number of carbonyl (C=O) groups is 2. The first-order chi connectivity index (χ1) is 8.15. The van der Waals surface area contributed by atoms with E-state index < -0.39 is 0 Å². The number of carbonyl (C=O) groups excluding carboxylic acids is 2. The number of aliphatic hydroxyl groups is 1. The fourth-order valence-corrected chi connectivity index (χ4v) is 2.28. The Kier molecular flexibility index (Phi) is 3.28. The molecule has 0 aliphatic heterocycles. The van der Waals surface area contributed by atoms with Gasteiger partial charge in [-0.25, -0.2) is 0 Å². The van der Waals surface area contributed by atoms with Crippen molar-refractivity contribution < 1.29 is 14.7 Å². The normalized spacial score (nSPS) is 14.6. The third kappa shape index (κ3) is 2.10. The molecule has 0 aromatic carbocycles. The van der Waals surface area contributed by atoms with Gasteiger partial charge in [0.2, 0.25) is 0 Å². The van der Waals surface area contributed by atoms with Crippen molar-refractivity contribution in [1.29, 1.82) is 0 Å². The van der Waals surface area contributed by atoms with E-state index in [2.05, 4.69) is 10.3 Å². The van der Waals surface area contributed by atoms with E-state index >= 15 is 0 Å². The van der Waals surface area contributed by atoms with Crippen molar-refractivity contribution >= 4 is 11.7 Å². The molecule has 1 aromatic heterocycles. The van der Waals surface area contributed by atoms with Crippen LogP contribution < -0.4 is 5.32 Å². The summed E-state index contributed by atoms with van der Waals surface area (Å²) < 4.78 is 0. The molecule has 1 aromatic rings. The van der Waals surface area contributed by atoms with Gasteiger partial charge in [0, 0.05) is 18.7 Å². The Labute approximate surface area is 99.2 Å². The van der Waals surface area contributed by atoms with Gasteiger partial charge in [0.1, 0.15) is 0 Å². The van der Waals surface area contributed by atoms with Gasteiger partial charge in [-0.2, -0.15) is 0 Å². The van der Waals surface area contributed by atoms with E-state index in [1.54, 1.807) is 6.92 Å². The predicted octanol–water partition coefficient (Wildman–Crippen LogP) is 0.564. The number of nitrogens with one attached hydrogen (secondary N) is 2. The van der Waals surface area contributed by atoms with Crippen LogP contribution in [0.25, 0.3) is 0 Å². The van der Waals surface area contributed by atoms with Crippen molar-refractivity contribution in [3.63, 3.8) is 0 Å². The lowest BCUT2D eigenvalue weighted by molar-refractivity contribution is 0.0943. The molecule has 1 aliphatic rings. The summed E-state index contributed by atoms with van der Waals surface area (Å²) in [6, 6.07) is 0. The summed E-state index contributed by atoms with van der Waals surface area (Å²) in [5, 5.41) is 11.3. The summed E-state index contributed by atoms with van der Waals surface area (Å²) in [6.07, 6.45) is 2.10. The molecule has 17 heavy (non-hydrogen) atoms. The number of aromatic nitrogens is 1. The number of aliphatic hydroxyl groups excluding tert-OH is 1. The largest absolute Gasteiger partial charge is 0.395 e. The van der Waals surface area contributed by atoms with Crippen LogP contribution in [0, 0.1) is 6.92 Å². The van der Waals surface area contributed by atoms with Gasteiger partial charge in [0.25, 0.3) is 5.91 Å². The first kappa shape index (κ1) is 11.9. The van der Waals surface area contributed by atoms with Crippen molar-refractivity contribution in [1.82, 2.24) is 10.3 Å². The fraction of sp³-hybridized carbons (Fsp3) is 0.500. The second-order valence-electron chi connectivity index (χ2n) is 4.23. The van der Waals surface area contributed by atoms with Gasteiger partial charge in [-0.15, -0.1) is 0 Å². The van der Waals surface area contributed by atoms with Crippen molar-refractivity contribution in [2.75, 3.05) is 13.2 Å². The number of rotatable bonds is 3. The van der Waals surface area contributed by atoms with Gasteiger partial charge in [-0.05, 0) is 25.3 Å². The maximum atomic E-state index is 11.9. The van der Waals surface area contributed by atoms with E-state index in [0.717, 1.165) is 24.1 Å². The second kappa shape index (κ2) is 4.71. The first-order valence-electron chi connectivity index (χ1n) is 5.79. The molecule has 2 rings (SSSR count). The number of aromatic amines is 1. The highest BCUT2D eigenvalue weighted by Gasteiger charge is 2.26. The minimum absolute atomic E-state index is 0.0792. The highest BCUT2D eigenvalue weighted by atomic mass is 16.3. The van der Waals surface area contributed by atoms with Crippen molar-refractivity contribution in [2.45, 2.75) is 26.2 Å². The van der Waals surface area contributed by atoms with Gasteiger partial charge in [0.15, 0.2) is 5.78 Å². The van der Waals surface area contributed by atoms with Crippen LogP contribution in [0.4, 0.5) is 0 Å². The number of fused-ring (bicyclic) bond motifs is 1. The van der Waals surface area contributed by atoms with E-state index in [0.29, 0.717) is 17.7 Å². The van der Waals surface area contributed by atoms with Crippen LogP contribution in [0.1, 0.15) is 44.9 Å². The maximum absolute atomic E-state index is 11.9. The number of hydrogen-bond acceptors (Lipinski definition) is 3. The minimum Gasteiger partial charge on any atom is -0.395 e. The molecule has 0 saturated carbocycles. The second-order valence-corrected chi connectivity index (χ2v) is 4.23. The smallest absolute Gasteiger partial charge is 0.253 e. The standard InChI is InChI=1S/C12H16N2O3/c1-7-10(12(17)13-5-6-15)8-3-2-4-9(16)11(8)14-7/h14-15H,2-6H2,1H3,(H,13,17). The van der Waals surface area contributed by atoms with Gasteiger partial charge in [-0.1, -0.05) is 0 Å². The topological polar surface area (TPSA) is 82.2 Å². The van der Waals surface area contributed by atoms with E-state index in [1.807, 2.05) is 0 Å². The van der Waals surface area contributed by atoms with Crippen molar-refractivity contribution in [3.8, 4) is 0 Å². The van der Waals surface area contributed by atoms with Crippen LogP contribution in [0.15, 0.2) is 0 Å². The van der Waals surface area contributed by atoms with Crippen LogP contribution in [-0.2, 0) is 6.42 Å². The third-order valence-electron chi connectivity index (χ3n) is 3.02. The van der Waals surface area contributed by atoms with Gasteiger partial charge < -0.3 is 15.4 Å². The van der Waals surface area contributed by atoms with Crippen LogP contribution in [0.2, 0.25) is 0 Å². The average molecular weight is 236 g/mol. The first-order valence-corrected chi connectivity index (χ1v) is 5.79. The summed E-state index contributed by atoms with van der Waals surface area (Å²) in [7, 11) is 0. The van der Waals surface area contributed by atoms with Gasteiger partial charge >= 0.3 is 0 Å². The molecule has 92 valence electrons. The summed E-state index contributed by atoms with van der Waals surface area (Å²) in [6.45, 7) is 1.93. The number of ketones is 1. The molecule has 3 N–H and O–H groups in total. The molecule has 0 saturated heterocycles. The summed E-state index contributed by atoms with van der Waals surface area (Å²) in [5.74, 6) is -0.140. The Morgan fingerprint density at radius 1 is 1.47 bits per heavy atom. The molecule has 5 heteroatoms. The van der Waals surface area contributed by atoms with E-state index in [9.17, 15) is 9.59 Å². The SMILES string of the molecule is Cc1[nH]c2c(c1C(=O)NCCO)CCCC2=O. The summed E-state index contributed by atoms with van der Waals surface area (Å²) in [4.78, 5) is 26.6. The molecule has 0 fully saturated rings. The quantitative estimate of drug-likeness (QED) is 0.717. The minimum atomic E-state index is -0.219. The third-order valence-corrected chi connectivity index (χ3v) is 3.02. The lowest BCUT2D eigenvalue weighted by Gasteiger charge is -2.11. The Morgan fingerprint density at radius 3 is 2.94 bits per heavy atom. The lowest BCUT2D eigenvalue weighted by Crippen LogP contribution is -2.27. The highest BCUT2D eigenvalue weighted by Crippen LogP contribution is 2.26. The molecular formula is C12H16N2O3. The van der Waals surface area contributed by atoms with Crippen LogP contribution in [0.3, 0.4) is 0 Å². The Balaban J connectivity index is 2.34. The Hall–Kier alpha value is -1.62. The Bertz CT molecular complexity index is 463. The fourth-order valence-electron chi connectivity index (χ4n) is 2.28. The van der Waals surface area contributed by atoms with Crippen LogP contribution >= 0.6 is 0 Å². The molecule has 1 amide bonds. The molecule has 1 aliphatic carbocycles. The Morgan fingerprint density at radius 2 is 2.24 bits per heavy atom. The highest BCUT2D eigenvalue weighted by molar-refractivity contribution is 6.04. The zero-order chi connectivity index (χ0) is 12.4. The lowest BCUT2D eigenvalue weighted by atomic mass is 9.93. The molecule has 1 heterocycles. The average Bonchev–Trinajstić information content (AvgIpc) is 2.64. The summed E-state index contributed by atoms with van der Waals surface area (Å²) in [5.41, 5.74) is 2.71. The number of amides is 1. The van der Waals surface area contributed by atoms with E-state index in [-0.39, 0.29) is 24.8 Å². The van der Waals surface area contributed by atoms with Crippen LogP contribution in [-0.4, -0.2) is 34.9 Å². The zero-order valence-corrected chi connectivity index (χ0v) is 9.80. The predicted molar refractivity (Wildman–Crippen MR) is 62.2 cm³/mol.